The maximum Gasteiger partial charge on any atom is 0.233 e. The van der Waals surface area contributed by atoms with Gasteiger partial charge in [-0.05, 0) is 37.1 Å². The van der Waals surface area contributed by atoms with Crippen LogP contribution in [0.3, 0.4) is 0 Å². The topological polar surface area (TPSA) is 66.8 Å². The molecule has 5 nitrogen and oxygen atoms in total. The Bertz CT molecular complexity index is 565. The highest BCUT2D eigenvalue weighted by molar-refractivity contribution is 6.30. The maximum atomic E-state index is 12.3. The zero-order valence-electron chi connectivity index (χ0n) is 12.8. The van der Waals surface area contributed by atoms with E-state index in [1.807, 2.05) is 0 Å². The van der Waals surface area contributed by atoms with E-state index in [0.717, 1.165) is 25.7 Å². The summed E-state index contributed by atoms with van der Waals surface area (Å²) in [6.07, 6.45) is 2.65. The lowest BCUT2D eigenvalue weighted by Gasteiger charge is -2.19. The number of likely N-dealkylation sites (tertiary alicyclic amines) is 1. The van der Waals surface area contributed by atoms with Crippen molar-refractivity contribution in [3.8, 4) is 5.75 Å². The molecule has 1 heterocycles. The van der Waals surface area contributed by atoms with Gasteiger partial charge in [-0.15, -0.1) is 0 Å². The summed E-state index contributed by atoms with van der Waals surface area (Å²) < 4.78 is 5.46. The lowest BCUT2D eigenvalue weighted by atomic mass is 9.81. The number of hydrogen-bond acceptors (Lipinski definition) is 4. The fourth-order valence-corrected chi connectivity index (χ4v) is 3.52. The van der Waals surface area contributed by atoms with Gasteiger partial charge in [0, 0.05) is 5.02 Å². The van der Waals surface area contributed by atoms with Gasteiger partial charge in [-0.3, -0.25) is 14.5 Å². The molecule has 3 atom stereocenters. The predicted molar refractivity (Wildman–Crippen MR) is 85.1 cm³/mol. The van der Waals surface area contributed by atoms with Crippen molar-refractivity contribution in [1.82, 2.24) is 4.90 Å². The van der Waals surface area contributed by atoms with E-state index in [4.69, 9.17) is 16.3 Å². The number of rotatable bonds is 5. The molecule has 0 radical (unpaired) electrons. The first-order valence-corrected chi connectivity index (χ1v) is 8.35. The minimum absolute atomic E-state index is 0.00173. The average molecular weight is 338 g/mol. The summed E-state index contributed by atoms with van der Waals surface area (Å²) in [5, 5.41) is 10.7. The number of hydrogen-bond donors (Lipinski definition) is 1. The SMILES string of the molecule is O=C1[C@H]2CCCC[C@H]2C(=O)N1C[C@H](O)COc1ccc(Cl)cc1. The van der Waals surface area contributed by atoms with E-state index < -0.39 is 6.10 Å². The van der Waals surface area contributed by atoms with Gasteiger partial charge >= 0.3 is 0 Å². The van der Waals surface area contributed by atoms with Gasteiger partial charge in [0.2, 0.25) is 11.8 Å². The molecule has 124 valence electrons. The van der Waals surface area contributed by atoms with Gasteiger partial charge in [0.05, 0.1) is 18.4 Å². The minimum atomic E-state index is -0.904. The number of halogens is 1. The van der Waals surface area contributed by atoms with Gasteiger partial charge < -0.3 is 9.84 Å². The minimum Gasteiger partial charge on any atom is -0.491 e. The number of carbonyl (C=O) groups is 2. The summed E-state index contributed by atoms with van der Waals surface area (Å²) in [7, 11) is 0. The Balaban J connectivity index is 1.55. The van der Waals surface area contributed by atoms with Crippen molar-refractivity contribution in [2.45, 2.75) is 31.8 Å². The smallest absolute Gasteiger partial charge is 0.233 e. The van der Waals surface area contributed by atoms with Gasteiger partial charge in [0.1, 0.15) is 18.5 Å². The second-order valence-corrected chi connectivity index (χ2v) is 6.64. The molecule has 0 spiro atoms. The molecule has 23 heavy (non-hydrogen) atoms. The zero-order chi connectivity index (χ0) is 16.4. The average Bonchev–Trinajstić information content (AvgIpc) is 2.80. The van der Waals surface area contributed by atoms with Crippen LogP contribution in [-0.4, -0.2) is 41.1 Å². The molecule has 0 bridgehead atoms. The number of amides is 2. The number of fused-ring (bicyclic) bond motifs is 1. The van der Waals surface area contributed by atoms with Crippen molar-refractivity contribution in [3.05, 3.63) is 29.3 Å². The molecule has 2 amide bonds. The molecule has 2 aliphatic rings. The largest absolute Gasteiger partial charge is 0.491 e. The third-order valence-corrected chi connectivity index (χ3v) is 4.83. The molecule has 1 saturated carbocycles. The zero-order valence-corrected chi connectivity index (χ0v) is 13.5. The molecule has 3 rings (SSSR count). The molecule has 0 aromatic heterocycles. The molecular weight excluding hydrogens is 318 g/mol. The van der Waals surface area contributed by atoms with Gasteiger partial charge in [-0.2, -0.15) is 0 Å². The molecule has 1 aliphatic carbocycles. The quantitative estimate of drug-likeness (QED) is 0.837. The van der Waals surface area contributed by atoms with Crippen molar-refractivity contribution >= 4 is 23.4 Å². The molecule has 1 N–H and O–H groups in total. The summed E-state index contributed by atoms with van der Waals surface area (Å²) in [5.41, 5.74) is 0. The van der Waals surface area contributed by atoms with Crippen LogP contribution in [-0.2, 0) is 9.59 Å². The van der Waals surface area contributed by atoms with Crippen LogP contribution in [0.25, 0.3) is 0 Å². The van der Waals surface area contributed by atoms with Crippen LogP contribution in [0.1, 0.15) is 25.7 Å². The van der Waals surface area contributed by atoms with Crippen molar-refractivity contribution in [3.63, 3.8) is 0 Å². The van der Waals surface area contributed by atoms with Crippen molar-refractivity contribution in [2.24, 2.45) is 11.8 Å². The summed E-state index contributed by atoms with van der Waals surface area (Å²) >= 11 is 5.79. The Kier molecular flexibility index (Phi) is 4.87. The maximum absolute atomic E-state index is 12.3. The van der Waals surface area contributed by atoms with Crippen molar-refractivity contribution in [2.75, 3.05) is 13.2 Å². The summed E-state index contributed by atoms with van der Waals surface area (Å²) in [5.74, 6) is -0.0436. The Morgan fingerprint density at radius 1 is 1.13 bits per heavy atom. The molecule has 0 unspecified atom stereocenters. The first kappa shape index (κ1) is 16.3. The number of carbonyl (C=O) groups excluding carboxylic acids is 2. The monoisotopic (exact) mass is 337 g/mol. The van der Waals surface area contributed by atoms with Crippen LogP contribution in [0.2, 0.25) is 5.02 Å². The molecule has 1 aromatic rings. The van der Waals surface area contributed by atoms with Crippen LogP contribution in [0.15, 0.2) is 24.3 Å². The molecule has 1 aliphatic heterocycles. The highest BCUT2D eigenvalue weighted by Crippen LogP contribution is 2.37. The number of ether oxygens (including phenoxy) is 1. The van der Waals surface area contributed by atoms with E-state index >= 15 is 0 Å². The molecule has 2 fully saturated rings. The third-order valence-electron chi connectivity index (χ3n) is 4.58. The number of benzene rings is 1. The Hall–Kier alpha value is -1.59. The summed E-state index contributed by atoms with van der Waals surface area (Å²) in [6, 6.07) is 6.80. The van der Waals surface area contributed by atoms with Crippen LogP contribution in [0.4, 0.5) is 0 Å². The van der Waals surface area contributed by atoms with Gasteiger partial charge in [-0.25, -0.2) is 0 Å². The molecule has 6 heteroatoms. The lowest BCUT2D eigenvalue weighted by molar-refractivity contribution is -0.141. The number of imide groups is 1. The Morgan fingerprint density at radius 2 is 1.70 bits per heavy atom. The third kappa shape index (κ3) is 3.51. The van der Waals surface area contributed by atoms with Crippen LogP contribution >= 0.6 is 11.6 Å². The second-order valence-electron chi connectivity index (χ2n) is 6.20. The Morgan fingerprint density at radius 3 is 2.26 bits per heavy atom. The predicted octanol–water partition coefficient (Wildman–Crippen LogP) is 2.25. The van der Waals surface area contributed by atoms with Gasteiger partial charge in [-0.1, -0.05) is 24.4 Å². The number of nitrogens with zero attached hydrogens (tertiary/aromatic N) is 1. The second kappa shape index (κ2) is 6.89. The highest BCUT2D eigenvalue weighted by Gasteiger charge is 2.48. The van der Waals surface area contributed by atoms with E-state index in [0.29, 0.717) is 10.8 Å². The van der Waals surface area contributed by atoms with Crippen LogP contribution in [0, 0.1) is 11.8 Å². The highest BCUT2D eigenvalue weighted by atomic mass is 35.5. The van der Waals surface area contributed by atoms with Crippen LogP contribution < -0.4 is 4.74 Å². The van der Waals surface area contributed by atoms with Gasteiger partial charge in [0.25, 0.3) is 0 Å². The number of aliphatic hydroxyl groups excluding tert-OH is 1. The van der Waals surface area contributed by atoms with Crippen LogP contribution in [0.5, 0.6) is 5.75 Å². The van der Waals surface area contributed by atoms with Crippen molar-refractivity contribution < 1.29 is 19.4 Å². The Labute approximate surface area is 140 Å². The van der Waals surface area contributed by atoms with E-state index in [1.54, 1.807) is 24.3 Å². The van der Waals surface area contributed by atoms with Gasteiger partial charge in [0.15, 0.2) is 0 Å². The summed E-state index contributed by atoms with van der Waals surface area (Å²) in [6.45, 7) is 0.0201. The normalized spacial score (nSPS) is 25.4. The van der Waals surface area contributed by atoms with E-state index in [9.17, 15) is 14.7 Å². The standard InChI is InChI=1S/C17H20ClNO4/c18-11-5-7-13(8-6-11)23-10-12(20)9-19-16(21)14-3-1-2-4-15(14)17(19)22/h5-8,12,14-15,20H,1-4,9-10H2/t12-,14-,15+/m0/s1. The van der Waals surface area contributed by atoms with Crippen molar-refractivity contribution in [1.29, 1.82) is 0 Å². The van der Waals surface area contributed by atoms with E-state index in [-0.39, 0.29) is 36.8 Å². The fraction of sp³-hybridized carbons (Fsp3) is 0.529. The first-order chi connectivity index (χ1) is 11.1. The molecule has 1 aromatic carbocycles. The lowest BCUT2D eigenvalue weighted by Crippen LogP contribution is -2.40. The summed E-state index contributed by atoms with van der Waals surface area (Å²) in [4.78, 5) is 25.9. The van der Waals surface area contributed by atoms with E-state index in [1.165, 1.54) is 4.90 Å². The first-order valence-electron chi connectivity index (χ1n) is 7.98. The van der Waals surface area contributed by atoms with E-state index in [2.05, 4.69) is 0 Å². The number of β-amino-alcohol motifs (C(OH)–C–C–N with tert-alkyl or cyclic N) is 1. The number of aliphatic hydroxyl groups is 1. The molecule has 1 saturated heterocycles. The molecular formula is C17H20ClNO4. The fourth-order valence-electron chi connectivity index (χ4n) is 3.40.